The Labute approximate surface area is 102 Å². The predicted molar refractivity (Wildman–Crippen MR) is 67.6 cm³/mol. The molecular weight excluding hydrogens is 268 g/mol. The van der Waals surface area contributed by atoms with Crippen LogP contribution in [-0.2, 0) is 4.74 Å². The molecule has 3 rings (SSSR count). The van der Waals surface area contributed by atoms with E-state index in [-0.39, 0.29) is 6.10 Å². The molecule has 0 aliphatic carbocycles. The molecule has 0 amide bonds. The van der Waals surface area contributed by atoms with Gasteiger partial charge in [0.25, 0.3) is 0 Å². The number of rotatable bonds is 1. The summed E-state index contributed by atoms with van der Waals surface area (Å²) in [5, 5.41) is 4.57. The van der Waals surface area contributed by atoms with Crippen LogP contribution < -0.4 is 5.32 Å². The first-order chi connectivity index (χ1) is 7.86. The fraction of sp³-hybridized carbons (Fsp3) is 0.333. The normalized spacial score (nSPS) is 21.4. The SMILES string of the molecule is Brc1c[nH]c2c(C3CNCCO3)cccc12. The fourth-order valence-corrected chi connectivity index (χ4v) is 2.62. The van der Waals surface area contributed by atoms with Gasteiger partial charge < -0.3 is 15.0 Å². The van der Waals surface area contributed by atoms with Crippen molar-refractivity contribution in [1.82, 2.24) is 10.3 Å². The van der Waals surface area contributed by atoms with Gasteiger partial charge >= 0.3 is 0 Å². The number of aromatic amines is 1. The van der Waals surface area contributed by atoms with E-state index in [1.807, 2.05) is 6.20 Å². The first kappa shape index (κ1) is 10.3. The van der Waals surface area contributed by atoms with Gasteiger partial charge in [-0.2, -0.15) is 0 Å². The first-order valence-corrected chi connectivity index (χ1v) is 6.23. The molecule has 1 atom stereocenters. The minimum Gasteiger partial charge on any atom is -0.371 e. The van der Waals surface area contributed by atoms with Crippen LogP contribution in [0.25, 0.3) is 10.9 Å². The summed E-state index contributed by atoms with van der Waals surface area (Å²) >= 11 is 3.54. The molecule has 16 heavy (non-hydrogen) atoms. The summed E-state index contributed by atoms with van der Waals surface area (Å²) in [5.74, 6) is 0. The number of nitrogens with one attached hydrogen (secondary N) is 2. The topological polar surface area (TPSA) is 37.0 Å². The Kier molecular flexibility index (Phi) is 2.71. The number of hydrogen-bond donors (Lipinski definition) is 2. The molecule has 0 radical (unpaired) electrons. The molecule has 0 bridgehead atoms. The first-order valence-electron chi connectivity index (χ1n) is 5.44. The number of benzene rings is 1. The highest BCUT2D eigenvalue weighted by Crippen LogP contribution is 2.30. The summed E-state index contributed by atoms with van der Waals surface area (Å²) in [5.41, 5.74) is 2.40. The van der Waals surface area contributed by atoms with E-state index >= 15 is 0 Å². The largest absolute Gasteiger partial charge is 0.371 e. The van der Waals surface area contributed by atoms with Crippen LogP contribution in [0.15, 0.2) is 28.9 Å². The summed E-state index contributed by atoms with van der Waals surface area (Å²) in [7, 11) is 0. The molecule has 1 saturated heterocycles. The van der Waals surface area contributed by atoms with Crippen LogP contribution in [0, 0.1) is 0 Å². The van der Waals surface area contributed by atoms with Crippen molar-refractivity contribution in [2.45, 2.75) is 6.10 Å². The summed E-state index contributed by atoms with van der Waals surface area (Å²) in [6, 6.07) is 6.31. The second-order valence-corrected chi connectivity index (χ2v) is 4.82. The number of ether oxygens (including phenoxy) is 1. The third kappa shape index (κ3) is 1.67. The Balaban J connectivity index is 2.08. The van der Waals surface area contributed by atoms with Crippen molar-refractivity contribution in [3.05, 3.63) is 34.4 Å². The minimum atomic E-state index is 0.156. The number of halogens is 1. The molecule has 2 heterocycles. The van der Waals surface area contributed by atoms with Gasteiger partial charge in [0.2, 0.25) is 0 Å². The Hall–Kier alpha value is -0.840. The predicted octanol–water partition coefficient (Wildman–Crippen LogP) is 2.59. The molecule has 1 aromatic heterocycles. The summed E-state index contributed by atoms with van der Waals surface area (Å²) in [6.45, 7) is 2.61. The van der Waals surface area contributed by atoms with Gasteiger partial charge in [0, 0.05) is 34.7 Å². The molecule has 4 heteroatoms. The lowest BCUT2D eigenvalue weighted by atomic mass is 10.1. The number of fused-ring (bicyclic) bond motifs is 1. The van der Waals surface area contributed by atoms with E-state index in [1.165, 1.54) is 16.5 Å². The van der Waals surface area contributed by atoms with Gasteiger partial charge in [-0.1, -0.05) is 18.2 Å². The van der Waals surface area contributed by atoms with Gasteiger partial charge in [0.1, 0.15) is 0 Å². The van der Waals surface area contributed by atoms with E-state index in [0.717, 1.165) is 24.2 Å². The minimum absolute atomic E-state index is 0.156. The Morgan fingerprint density at radius 1 is 1.38 bits per heavy atom. The van der Waals surface area contributed by atoms with Gasteiger partial charge in [-0.25, -0.2) is 0 Å². The molecule has 1 fully saturated rings. The van der Waals surface area contributed by atoms with Crippen molar-refractivity contribution in [3.8, 4) is 0 Å². The molecular formula is C12H13BrN2O. The third-order valence-corrected chi connectivity index (χ3v) is 3.63. The van der Waals surface area contributed by atoms with Gasteiger partial charge in [-0.15, -0.1) is 0 Å². The zero-order valence-electron chi connectivity index (χ0n) is 8.79. The molecule has 1 unspecified atom stereocenters. The molecule has 2 aromatic rings. The van der Waals surface area contributed by atoms with E-state index in [2.05, 4.69) is 44.4 Å². The lowest BCUT2D eigenvalue weighted by molar-refractivity contribution is 0.0285. The van der Waals surface area contributed by atoms with E-state index in [0.29, 0.717) is 0 Å². The number of aromatic nitrogens is 1. The van der Waals surface area contributed by atoms with Crippen LogP contribution in [0.2, 0.25) is 0 Å². The third-order valence-electron chi connectivity index (χ3n) is 2.97. The Morgan fingerprint density at radius 2 is 2.31 bits per heavy atom. The van der Waals surface area contributed by atoms with Gasteiger partial charge in [0.15, 0.2) is 0 Å². The monoisotopic (exact) mass is 280 g/mol. The molecule has 0 saturated carbocycles. The van der Waals surface area contributed by atoms with Gasteiger partial charge in [-0.05, 0) is 15.9 Å². The summed E-state index contributed by atoms with van der Waals surface area (Å²) in [6.07, 6.45) is 2.13. The van der Waals surface area contributed by atoms with Crippen molar-refractivity contribution in [2.24, 2.45) is 0 Å². The highest BCUT2D eigenvalue weighted by atomic mass is 79.9. The number of para-hydroxylation sites is 1. The molecule has 0 spiro atoms. The van der Waals surface area contributed by atoms with Crippen LogP contribution >= 0.6 is 15.9 Å². The van der Waals surface area contributed by atoms with Crippen LogP contribution in [0.1, 0.15) is 11.7 Å². The summed E-state index contributed by atoms with van der Waals surface area (Å²) in [4.78, 5) is 3.30. The number of hydrogen-bond acceptors (Lipinski definition) is 2. The Bertz CT molecular complexity index is 503. The van der Waals surface area contributed by atoms with Crippen molar-refractivity contribution in [1.29, 1.82) is 0 Å². The van der Waals surface area contributed by atoms with E-state index in [1.54, 1.807) is 0 Å². The summed E-state index contributed by atoms with van der Waals surface area (Å²) < 4.78 is 6.89. The van der Waals surface area contributed by atoms with Crippen LogP contribution in [-0.4, -0.2) is 24.7 Å². The average molecular weight is 281 g/mol. The molecule has 1 aliphatic rings. The van der Waals surface area contributed by atoms with Gasteiger partial charge in [0.05, 0.1) is 18.2 Å². The second-order valence-electron chi connectivity index (χ2n) is 3.97. The van der Waals surface area contributed by atoms with Gasteiger partial charge in [-0.3, -0.25) is 0 Å². The van der Waals surface area contributed by atoms with E-state index < -0.39 is 0 Å². The zero-order chi connectivity index (χ0) is 11.0. The number of H-pyrrole nitrogens is 1. The Morgan fingerprint density at radius 3 is 3.12 bits per heavy atom. The van der Waals surface area contributed by atoms with Crippen molar-refractivity contribution < 1.29 is 4.74 Å². The maximum Gasteiger partial charge on any atom is 0.0970 e. The fourth-order valence-electron chi connectivity index (χ4n) is 2.18. The molecule has 1 aliphatic heterocycles. The molecule has 1 aromatic carbocycles. The van der Waals surface area contributed by atoms with E-state index in [9.17, 15) is 0 Å². The van der Waals surface area contributed by atoms with Crippen molar-refractivity contribution >= 4 is 26.8 Å². The maximum atomic E-state index is 5.78. The average Bonchev–Trinajstić information content (AvgIpc) is 2.73. The van der Waals surface area contributed by atoms with Crippen LogP contribution in [0.5, 0.6) is 0 Å². The lowest BCUT2D eigenvalue weighted by Crippen LogP contribution is -2.33. The smallest absolute Gasteiger partial charge is 0.0970 e. The quantitative estimate of drug-likeness (QED) is 0.843. The van der Waals surface area contributed by atoms with Crippen LogP contribution in [0.3, 0.4) is 0 Å². The standard InChI is InChI=1S/C12H13BrN2O/c13-10-6-15-12-8(10)2-1-3-9(12)11-7-14-4-5-16-11/h1-3,6,11,14-15H,4-5,7H2. The maximum absolute atomic E-state index is 5.78. The highest BCUT2D eigenvalue weighted by Gasteiger charge is 2.18. The molecule has 84 valence electrons. The second kappa shape index (κ2) is 4.20. The number of morpholine rings is 1. The molecule has 3 nitrogen and oxygen atoms in total. The lowest BCUT2D eigenvalue weighted by Gasteiger charge is -2.24. The van der Waals surface area contributed by atoms with Crippen molar-refractivity contribution in [2.75, 3.05) is 19.7 Å². The van der Waals surface area contributed by atoms with Crippen LogP contribution in [0.4, 0.5) is 0 Å². The highest BCUT2D eigenvalue weighted by molar-refractivity contribution is 9.10. The molecule has 2 N–H and O–H groups in total. The van der Waals surface area contributed by atoms with E-state index in [4.69, 9.17) is 4.74 Å². The zero-order valence-corrected chi connectivity index (χ0v) is 10.4. The van der Waals surface area contributed by atoms with Crippen molar-refractivity contribution in [3.63, 3.8) is 0 Å².